The van der Waals surface area contributed by atoms with Crippen molar-refractivity contribution in [3.05, 3.63) is 52.6 Å². The van der Waals surface area contributed by atoms with Crippen LogP contribution >= 0.6 is 11.3 Å². The summed E-state index contributed by atoms with van der Waals surface area (Å²) in [6.07, 6.45) is 10.1. The first kappa shape index (κ1) is 37.2. The minimum Gasteiger partial charge on any atom is -0.347 e. The molecule has 2 unspecified atom stereocenters. The van der Waals surface area contributed by atoms with E-state index in [9.17, 15) is 10.1 Å². The molecule has 1 aliphatic heterocycles. The number of aromatic nitrogens is 4. The van der Waals surface area contributed by atoms with Crippen molar-refractivity contribution in [1.29, 1.82) is 5.26 Å². The number of aliphatic imine (C=N–C) groups is 1. The number of rotatable bonds is 16. The third-order valence-electron chi connectivity index (χ3n) is 9.25. The molecule has 9 heteroatoms. The van der Waals surface area contributed by atoms with Crippen LogP contribution < -0.4 is 4.90 Å². The second-order valence-corrected chi connectivity index (χ2v) is 15.6. The lowest BCUT2D eigenvalue weighted by Gasteiger charge is -2.30. The fourth-order valence-electron chi connectivity index (χ4n) is 6.22. The molecule has 0 amide bonds. The molecule has 3 heterocycles. The summed E-state index contributed by atoms with van der Waals surface area (Å²) >= 11 is 1.60. The van der Waals surface area contributed by atoms with Crippen LogP contribution in [0.4, 0.5) is 10.1 Å². The van der Waals surface area contributed by atoms with Gasteiger partial charge in [-0.1, -0.05) is 128 Å². The number of nitriles is 1. The predicted molar refractivity (Wildman–Crippen MR) is 199 cm³/mol. The standard InChI is InChI=1S/C39H55N7OS/c1-10-14-16-28(12-3)24-45(25-29(13-4)17-15-11-2)38-43-34(30-20-18-26(5)19-21-30)36(48-38)42-33-27(6)31(23-40)37(47)46-35(33)41-32(44-46)22-39(7,8)9/h18-21,28-29H,10-17,22,24-25H2,1-9H3. The van der Waals surface area contributed by atoms with Crippen LogP contribution in [0.25, 0.3) is 11.3 Å². The molecule has 1 aliphatic rings. The maximum atomic E-state index is 13.4. The number of thiazole rings is 1. The number of unbranched alkanes of at least 4 members (excludes halogenated alkanes) is 2. The van der Waals surface area contributed by atoms with E-state index in [0.717, 1.165) is 47.3 Å². The number of carbonyl (C=O) groups excluding carboxylic acids is 1. The molecule has 0 aliphatic carbocycles. The van der Waals surface area contributed by atoms with Crippen molar-refractivity contribution in [2.24, 2.45) is 22.2 Å². The summed E-state index contributed by atoms with van der Waals surface area (Å²) in [5.74, 6) is 1.66. The lowest BCUT2D eigenvalue weighted by molar-refractivity contribution is 0.0941. The van der Waals surface area contributed by atoms with E-state index >= 15 is 0 Å². The van der Waals surface area contributed by atoms with Crippen LogP contribution in [0.5, 0.6) is 0 Å². The summed E-state index contributed by atoms with van der Waals surface area (Å²) in [5.41, 5.74) is 3.95. The lowest BCUT2D eigenvalue weighted by Crippen LogP contribution is -2.34. The van der Waals surface area contributed by atoms with Gasteiger partial charge in [0.25, 0.3) is 5.91 Å². The number of hydrogen-bond acceptors (Lipinski definition) is 8. The molecule has 0 saturated heterocycles. The number of anilines is 1. The molecule has 3 aromatic rings. The average Bonchev–Trinajstić information content (AvgIpc) is 3.66. The molecule has 0 fully saturated rings. The van der Waals surface area contributed by atoms with Crippen molar-refractivity contribution in [1.82, 2.24) is 19.7 Å². The maximum Gasteiger partial charge on any atom is 0.291 e. The smallest absolute Gasteiger partial charge is 0.291 e. The Labute approximate surface area is 292 Å². The number of aryl methyl sites for hydroxylation is 1. The van der Waals surface area contributed by atoms with Crippen LogP contribution in [0.2, 0.25) is 0 Å². The van der Waals surface area contributed by atoms with Crippen LogP contribution in [0.15, 0.2) is 40.4 Å². The van der Waals surface area contributed by atoms with E-state index in [4.69, 9.17) is 15.0 Å². The second-order valence-electron chi connectivity index (χ2n) is 14.6. The number of carbonyl (C=O) groups is 1. The zero-order valence-corrected chi connectivity index (χ0v) is 31.5. The predicted octanol–water partition coefficient (Wildman–Crippen LogP) is 10.2. The molecule has 2 aromatic heterocycles. The molecule has 2 atom stereocenters. The van der Waals surface area contributed by atoms with Gasteiger partial charge < -0.3 is 4.90 Å². The molecule has 8 nitrogen and oxygen atoms in total. The molecular formula is C39H55N7OS. The first-order valence-corrected chi connectivity index (χ1v) is 18.8. The van der Waals surface area contributed by atoms with Crippen molar-refractivity contribution in [2.45, 2.75) is 120 Å². The van der Waals surface area contributed by atoms with Gasteiger partial charge in [-0.25, -0.2) is 15.0 Å². The van der Waals surface area contributed by atoms with Gasteiger partial charge in [0.15, 0.2) is 16.8 Å². The molecule has 48 heavy (non-hydrogen) atoms. The highest BCUT2D eigenvalue weighted by Crippen LogP contribution is 2.42. The molecular weight excluding hydrogens is 615 g/mol. The van der Waals surface area contributed by atoms with Crippen molar-refractivity contribution in [3.63, 3.8) is 0 Å². The number of hydrogen-bond donors (Lipinski definition) is 0. The van der Waals surface area contributed by atoms with Gasteiger partial charge in [-0.2, -0.15) is 9.94 Å². The van der Waals surface area contributed by atoms with Crippen molar-refractivity contribution >= 4 is 33.1 Å². The molecule has 1 aromatic carbocycles. The van der Waals surface area contributed by atoms with Crippen molar-refractivity contribution < 1.29 is 4.79 Å². The Morgan fingerprint density at radius 2 is 1.56 bits per heavy atom. The Morgan fingerprint density at radius 3 is 2.08 bits per heavy atom. The van der Waals surface area contributed by atoms with Gasteiger partial charge in [0.1, 0.15) is 28.0 Å². The highest BCUT2D eigenvalue weighted by atomic mass is 32.1. The van der Waals surface area contributed by atoms with E-state index in [1.807, 2.05) is 0 Å². The minimum atomic E-state index is -0.457. The van der Waals surface area contributed by atoms with E-state index < -0.39 is 5.91 Å². The topological polar surface area (TPSA) is 100 Å². The molecule has 258 valence electrons. The monoisotopic (exact) mass is 669 g/mol. The Morgan fingerprint density at radius 1 is 0.958 bits per heavy atom. The van der Waals surface area contributed by atoms with Gasteiger partial charge in [-0.15, -0.1) is 5.10 Å². The van der Waals surface area contributed by atoms with Gasteiger partial charge in [-0.05, 0) is 43.9 Å². The van der Waals surface area contributed by atoms with Crippen LogP contribution in [0.3, 0.4) is 0 Å². The number of nitrogens with zero attached hydrogens (tertiary/aromatic N) is 7. The average molecular weight is 670 g/mol. The zero-order chi connectivity index (χ0) is 35.0. The summed E-state index contributed by atoms with van der Waals surface area (Å²) in [5, 5.41) is 16.3. The van der Waals surface area contributed by atoms with E-state index in [0.29, 0.717) is 41.2 Å². The molecule has 0 N–H and O–H groups in total. The van der Waals surface area contributed by atoms with E-state index in [1.165, 1.54) is 48.8 Å². The van der Waals surface area contributed by atoms with Gasteiger partial charge in [0, 0.05) is 30.6 Å². The molecule has 4 rings (SSSR count). The largest absolute Gasteiger partial charge is 0.347 e. The van der Waals surface area contributed by atoms with E-state index in [-0.39, 0.29) is 11.0 Å². The first-order valence-electron chi connectivity index (χ1n) is 18.0. The van der Waals surface area contributed by atoms with Gasteiger partial charge in [-0.3, -0.25) is 4.79 Å². The Hall–Kier alpha value is -3.64. The minimum absolute atomic E-state index is 0.0418. The fraction of sp³-hybridized carbons (Fsp3) is 0.590. The van der Waals surface area contributed by atoms with Crippen LogP contribution in [0, 0.1) is 35.5 Å². The number of allylic oxidation sites excluding steroid dienone is 2. The normalized spacial score (nSPS) is 15.5. The third kappa shape index (κ3) is 9.07. The van der Waals surface area contributed by atoms with Crippen molar-refractivity contribution in [2.75, 3.05) is 18.0 Å². The Balaban J connectivity index is 1.90. The quantitative estimate of drug-likeness (QED) is 0.150. The molecule has 0 saturated carbocycles. The van der Waals surface area contributed by atoms with E-state index in [2.05, 4.69) is 95.7 Å². The van der Waals surface area contributed by atoms with Gasteiger partial charge in [0.2, 0.25) is 0 Å². The molecule has 0 bridgehead atoms. The van der Waals surface area contributed by atoms with Crippen molar-refractivity contribution in [3.8, 4) is 17.3 Å². The third-order valence-corrected chi connectivity index (χ3v) is 10.3. The number of fused-ring (bicyclic) bond motifs is 1. The highest BCUT2D eigenvalue weighted by Gasteiger charge is 2.33. The SMILES string of the molecule is CCCCC(CC)CN(CC(CC)CCCC)c1nc(-c2ccc(C)cc2)c(N=C2C(C)=C(C#N)C(=O)n3nc(CC(C)(C)C)nc32)s1. The van der Waals surface area contributed by atoms with Crippen LogP contribution in [0.1, 0.15) is 129 Å². The molecule has 0 spiro atoms. The summed E-state index contributed by atoms with van der Waals surface area (Å²) in [7, 11) is 0. The zero-order valence-electron chi connectivity index (χ0n) is 30.7. The van der Waals surface area contributed by atoms with Gasteiger partial charge in [0.05, 0.1) is 0 Å². The van der Waals surface area contributed by atoms with Crippen LogP contribution in [-0.2, 0) is 6.42 Å². The maximum absolute atomic E-state index is 13.4. The summed E-state index contributed by atoms with van der Waals surface area (Å²) < 4.78 is 1.27. The molecule has 0 radical (unpaired) electrons. The van der Waals surface area contributed by atoms with E-state index in [1.54, 1.807) is 18.3 Å². The summed E-state index contributed by atoms with van der Waals surface area (Å²) in [6, 6.07) is 10.5. The fourth-order valence-corrected chi connectivity index (χ4v) is 7.20. The summed E-state index contributed by atoms with van der Waals surface area (Å²) in [4.78, 5) is 31.3. The highest BCUT2D eigenvalue weighted by molar-refractivity contribution is 7.19. The Bertz CT molecular complexity index is 1630. The lowest BCUT2D eigenvalue weighted by atomic mass is 9.92. The Kier molecular flexibility index (Phi) is 12.9. The van der Waals surface area contributed by atoms with Crippen LogP contribution in [-0.4, -0.2) is 44.5 Å². The first-order chi connectivity index (χ1) is 22.9. The van der Waals surface area contributed by atoms with Gasteiger partial charge >= 0.3 is 0 Å². The summed E-state index contributed by atoms with van der Waals surface area (Å²) in [6.45, 7) is 21.3. The number of benzene rings is 1. The second kappa shape index (κ2) is 16.6.